The van der Waals surface area contributed by atoms with E-state index < -0.39 is 0 Å². The van der Waals surface area contributed by atoms with E-state index in [2.05, 4.69) is 10.5 Å². The first-order valence-corrected chi connectivity index (χ1v) is 4.50. The van der Waals surface area contributed by atoms with Gasteiger partial charge in [0.15, 0.2) is 0 Å². The molecule has 0 aliphatic heterocycles. The molecule has 0 aromatic heterocycles. The Morgan fingerprint density at radius 1 is 1.20 bits per heavy atom. The summed E-state index contributed by atoms with van der Waals surface area (Å²) in [6.07, 6.45) is 0. The minimum atomic E-state index is 0. The largest absolute Gasteiger partial charge is 0 e. The van der Waals surface area contributed by atoms with E-state index in [1.165, 1.54) is 0 Å². The molecule has 0 saturated heterocycles. The van der Waals surface area contributed by atoms with Crippen molar-refractivity contribution in [2.45, 2.75) is 0 Å². The average molecular weight is 356 g/mol. The summed E-state index contributed by atoms with van der Waals surface area (Å²) in [7, 11) is 4.21. The molecular weight excluding hydrogens is 352 g/mol. The maximum Gasteiger partial charge on any atom is 0 e. The first kappa shape index (κ1) is 25.2. The quantitative estimate of drug-likeness (QED) is 0.492. The fourth-order valence-electron chi connectivity index (χ4n) is 0. The van der Waals surface area contributed by atoms with Crippen molar-refractivity contribution in [1.29, 1.82) is 0 Å². The molecule has 0 aromatic rings. The number of rotatable bonds is 0. The van der Waals surface area contributed by atoms with Crippen molar-refractivity contribution in [3.63, 3.8) is 0 Å². The van der Waals surface area contributed by atoms with Crippen LogP contribution in [0, 0.1) is 0 Å². The van der Waals surface area contributed by atoms with Gasteiger partial charge in [-0.05, 0) is 0 Å². The SMILES string of the molecule is [Cu].[S]=[GeH2].[SnH2].[Zn]. The van der Waals surface area contributed by atoms with Crippen LogP contribution < -0.4 is 0 Å². The molecule has 0 unspecified atom stereocenters. The van der Waals surface area contributed by atoms with Crippen molar-refractivity contribution in [2.75, 3.05) is 0 Å². The molecule has 0 saturated carbocycles. The third kappa shape index (κ3) is 20.3. The van der Waals surface area contributed by atoms with Gasteiger partial charge in [0, 0.05) is 36.5 Å². The van der Waals surface area contributed by atoms with Gasteiger partial charge in [0.05, 0.1) is 0 Å². The van der Waals surface area contributed by atoms with Crippen molar-refractivity contribution in [3.8, 4) is 0 Å². The summed E-state index contributed by atoms with van der Waals surface area (Å²) >= 11 is 0.958. The van der Waals surface area contributed by atoms with E-state index >= 15 is 0 Å². The minimum Gasteiger partial charge on any atom is 0 e. The van der Waals surface area contributed by atoms with Gasteiger partial charge in [0.2, 0.25) is 0 Å². The predicted molar refractivity (Wildman–Crippen MR) is 24.7 cm³/mol. The number of hydrogen-bond donors (Lipinski definition) is 0. The van der Waals surface area contributed by atoms with Crippen molar-refractivity contribution in [1.82, 2.24) is 0 Å². The van der Waals surface area contributed by atoms with Gasteiger partial charge in [-0.1, -0.05) is 0 Å². The fraction of sp³-hybridized carbons (Fsp3) is 0. The summed E-state index contributed by atoms with van der Waals surface area (Å²) in [6, 6.07) is 0. The molecule has 31 valence electrons. The van der Waals surface area contributed by atoms with Crippen molar-refractivity contribution in [3.05, 3.63) is 0 Å². The molecule has 5 heteroatoms. The van der Waals surface area contributed by atoms with Crippen molar-refractivity contribution < 1.29 is 36.5 Å². The van der Waals surface area contributed by atoms with Gasteiger partial charge in [0.1, 0.15) is 0 Å². The Balaban J connectivity index is -0.00000000167. The maximum absolute atomic E-state index is 4.21. The van der Waals surface area contributed by atoms with Gasteiger partial charge in [-0.3, -0.25) is 0 Å². The van der Waals surface area contributed by atoms with Crippen LogP contribution in [0.1, 0.15) is 0 Å². The first-order chi connectivity index (χ1) is 1.00. The van der Waals surface area contributed by atoms with E-state index in [4.69, 9.17) is 0 Å². The van der Waals surface area contributed by atoms with Crippen LogP contribution in [0.2, 0.25) is 0 Å². The summed E-state index contributed by atoms with van der Waals surface area (Å²) in [5.74, 6) is 0. The topological polar surface area (TPSA) is 0 Å². The Hall–Kier alpha value is 2.70. The second-order valence-corrected chi connectivity index (χ2v) is 0. The van der Waals surface area contributed by atoms with Crippen LogP contribution in [-0.4, -0.2) is 38.8 Å². The molecule has 0 aliphatic carbocycles. The van der Waals surface area contributed by atoms with Gasteiger partial charge in [-0.2, -0.15) is 0 Å². The Labute approximate surface area is 84.4 Å². The first-order valence-electron chi connectivity index (χ1n) is 0.289. The third-order valence-corrected chi connectivity index (χ3v) is 0. The van der Waals surface area contributed by atoms with E-state index in [-0.39, 0.29) is 60.5 Å². The van der Waals surface area contributed by atoms with Gasteiger partial charge in [-0.15, -0.1) is 0 Å². The Morgan fingerprint density at radius 2 is 1.20 bits per heavy atom. The van der Waals surface area contributed by atoms with Crippen molar-refractivity contribution in [2.24, 2.45) is 0 Å². The van der Waals surface area contributed by atoms with Gasteiger partial charge < -0.3 is 0 Å². The van der Waals surface area contributed by atoms with E-state index in [0.717, 1.165) is 14.9 Å². The molecular formula is H4CuGeSSnZn. The third-order valence-electron chi connectivity index (χ3n) is 0. The van der Waals surface area contributed by atoms with Gasteiger partial charge in [-0.25, -0.2) is 0 Å². The van der Waals surface area contributed by atoms with E-state index in [1.807, 2.05) is 0 Å². The van der Waals surface area contributed by atoms with E-state index in [9.17, 15) is 0 Å². The molecule has 0 spiro atoms. The standard InChI is InChI=1S/Cu.GeH2S.Sn.Zn.2H/c;1-2;;;;/h;1H2;;;;. The van der Waals surface area contributed by atoms with Gasteiger partial charge in [0.25, 0.3) is 0 Å². The summed E-state index contributed by atoms with van der Waals surface area (Å²) in [4.78, 5) is 0. The Morgan fingerprint density at radius 3 is 1.20 bits per heavy atom. The molecule has 0 bridgehead atoms. The zero-order valence-corrected chi connectivity index (χ0v) is 14.6. The smallest absolute Gasteiger partial charge is 0 e. The zero-order valence-electron chi connectivity index (χ0n) is 2.83. The number of hydrogen-bond acceptors (Lipinski definition) is 1. The second-order valence-electron chi connectivity index (χ2n) is 0. The molecule has 0 aliphatic rings. The monoisotopic (exact) mass is 357 g/mol. The average Bonchev–Trinajstić information content (AvgIpc) is 1.00. The predicted octanol–water partition coefficient (Wildman–Crippen LogP) is -1.19. The minimum absolute atomic E-state index is 0. The Kier molecular flexibility index (Phi) is 151. The fourth-order valence-corrected chi connectivity index (χ4v) is 0. The molecule has 0 atom stereocenters. The Bertz CT molecular complexity index is 11.6. The van der Waals surface area contributed by atoms with Crippen LogP contribution in [0.25, 0.3) is 0 Å². The molecule has 5 heavy (non-hydrogen) atoms. The molecule has 0 amide bonds. The summed E-state index contributed by atoms with van der Waals surface area (Å²) in [5.41, 5.74) is 0. The summed E-state index contributed by atoms with van der Waals surface area (Å²) in [6.45, 7) is 0. The summed E-state index contributed by atoms with van der Waals surface area (Å²) < 4.78 is 0. The second kappa shape index (κ2) is 29.8. The van der Waals surface area contributed by atoms with Gasteiger partial charge >= 0.3 is 49.2 Å². The molecule has 0 heterocycles. The van der Waals surface area contributed by atoms with Crippen LogP contribution in [0.15, 0.2) is 0 Å². The van der Waals surface area contributed by atoms with Crippen LogP contribution in [0.3, 0.4) is 0 Å². The van der Waals surface area contributed by atoms with Crippen molar-refractivity contribution >= 4 is 49.2 Å². The van der Waals surface area contributed by atoms with E-state index in [1.54, 1.807) is 0 Å². The normalized spacial score (nSPS) is 0.800. The molecule has 0 aromatic carbocycles. The van der Waals surface area contributed by atoms with Crippen LogP contribution in [0.5, 0.6) is 0 Å². The van der Waals surface area contributed by atoms with E-state index in [0.29, 0.717) is 0 Å². The molecule has 0 rings (SSSR count). The van der Waals surface area contributed by atoms with Crippen LogP contribution in [0.4, 0.5) is 0 Å². The molecule has 0 N–H and O–H groups in total. The molecule has 0 nitrogen and oxygen atoms in total. The zero-order chi connectivity index (χ0) is 2.00. The van der Waals surface area contributed by atoms with Crippen LogP contribution in [-0.2, 0) is 36.5 Å². The maximum atomic E-state index is 4.21. The molecule has 0 fully saturated rings. The molecule has 3 radical (unpaired) electrons. The van der Waals surface area contributed by atoms with Crippen LogP contribution >= 0.6 is 10.5 Å². The summed E-state index contributed by atoms with van der Waals surface area (Å²) in [5, 5.41) is 0.